The van der Waals surface area contributed by atoms with Crippen LogP contribution in [0.2, 0.25) is 0 Å². The van der Waals surface area contributed by atoms with E-state index in [0.29, 0.717) is 42.9 Å². The highest BCUT2D eigenvalue weighted by Gasteiger charge is 2.24. The van der Waals surface area contributed by atoms with E-state index in [1.807, 2.05) is 11.1 Å². The molecule has 3 aromatic rings. The van der Waals surface area contributed by atoms with Gasteiger partial charge >= 0.3 is 0 Å². The summed E-state index contributed by atoms with van der Waals surface area (Å²) in [4.78, 5) is 28.3. The maximum absolute atomic E-state index is 13.0. The molecule has 10 nitrogen and oxygen atoms in total. The van der Waals surface area contributed by atoms with Gasteiger partial charge in [0, 0.05) is 54.9 Å². The fourth-order valence-corrected chi connectivity index (χ4v) is 5.18. The largest absolute Gasteiger partial charge is 0.339 e. The Balaban J connectivity index is 1.29. The molecule has 0 atom stereocenters. The van der Waals surface area contributed by atoms with Gasteiger partial charge < -0.3 is 15.5 Å². The molecule has 39 heavy (non-hydrogen) atoms. The third-order valence-electron chi connectivity index (χ3n) is 6.71. The number of hydrogen-bond acceptors (Lipinski definition) is 8. The van der Waals surface area contributed by atoms with Crippen LogP contribution >= 0.6 is 0 Å². The van der Waals surface area contributed by atoms with E-state index in [0.717, 1.165) is 42.5 Å². The first-order valence-electron chi connectivity index (χ1n) is 13.2. The van der Waals surface area contributed by atoms with Gasteiger partial charge in [0.1, 0.15) is 0 Å². The maximum atomic E-state index is 13.0. The van der Waals surface area contributed by atoms with Crippen molar-refractivity contribution in [2.45, 2.75) is 59.2 Å². The predicted molar refractivity (Wildman–Crippen MR) is 152 cm³/mol. The summed E-state index contributed by atoms with van der Waals surface area (Å²) in [6.45, 7) is 8.26. The van der Waals surface area contributed by atoms with Crippen LogP contribution in [-0.4, -0.2) is 59.6 Å². The fourth-order valence-electron chi connectivity index (χ4n) is 4.77. The van der Waals surface area contributed by atoms with Crippen molar-refractivity contribution in [3.63, 3.8) is 0 Å². The molecule has 2 aromatic heterocycles. The van der Waals surface area contributed by atoms with E-state index in [1.54, 1.807) is 12.1 Å². The number of amides is 1. The SMILES string of the molecule is CCc1nc(Nc2cc(C)cc(C)c2)ncc1CNC1CCN(C(=O)c2ccnc(CNS(C)(=O)=O)c2)CC1. The molecule has 0 radical (unpaired) electrons. The number of nitrogens with one attached hydrogen (secondary N) is 3. The molecule has 4 rings (SSSR count). The van der Waals surface area contributed by atoms with E-state index in [-0.39, 0.29) is 12.5 Å². The number of hydrogen-bond donors (Lipinski definition) is 3. The fraction of sp³-hybridized carbons (Fsp3) is 0.429. The molecule has 0 bridgehead atoms. The van der Waals surface area contributed by atoms with Crippen LogP contribution in [0.3, 0.4) is 0 Å². The Kier molecular flexibility index (Phi) is 9.26. The predicted octanol–water partition coefficient (Wildman–Crippen LogP) is 3.24. The van der Waals surface area contributed by atoms with Crippen LogP contribution in [0, 0.1) is 13.8 Å². The lowest BCUT2D eigenvalue weighted by Gasteiger charge is -2.32. The summed E-state index contributed by atoms with van der Waals surface area (Å²) in [5.41, 5.74) is 6.47. The molecule has 0 unspecified atom stereocenters. The first kappa shape index (κ1) is 28.6. The normalized spacial score (nSPS) is 14.4. The Morgan fingerprint density at radius 2 is 1.77 bits per heavy atom. The summed E-state index contributed by atoms with van der Waals surface area (Å²) < 4.78 is 25.1. The van der Waals surface area contributed by atoms with Gasteiger partial charge in [0.15, 0.2) is 0 Å². The number of likely N-dealkylation sites (tertiary alicyclic amines) is 1. The Morgan fingerprint density at radius 3 is 2.44 bits per heavy atom. The van der Waals surface area contributed by atoms with Gasteiger partial charge in [-0.2, -0.15) is 0 Å². The minimum atomic E-state index is -3.33. The summed E-state index contributed by atoms with van der Waals surface area (Å²) in [7, 11) is -3.33. The number of anilines is 2. The van der Waals surface area contributed by atoms with E-state index in [2.05, 4.69) is 64.3 Å². The highest BCUT2D eigenvalue weighted by Crippen LogP contribution is 2.19. The number of aromatic nitrogens is 3. The van der Waals surface area contributed by atoms with Gasteiger partial charge in [-0.1, -0.05) is 13.0 Å². The average molecular weight is 552 g/mol. The monoisotopic (exact) mass is 551 g/mol. The van der Waals surface area contributed by atoms with Crippen molar-refractivity contribution >= 4 is 27.6 Å². The molecule has 1 aliphatic heterocycles. The Labute approximate surface area is 230 Å². The van der Waals surface area contributed by atoms with Crippen LogP contribution in [0.15, 0.2) is 42.7 Å². The minimum Gasteiger partial charge on any atom is -0.339 e. The number of rotatable bonds is 10. The van der Waals surface area contributed by atoms with Crippen molar-refractivity contribution < 1.29 is 13.2 Å². The lowest BCUT2D eigenvalue weighted by atomic mass is 10.0. The van der Waals surface area contributed by atoms with Gasteiger partial charge in [-0.3, -0.25) is 9.78 Å². The molecule has 0 saturated carbocycles. The highest BCUT2D eigenvalue weighted by molar-refractivity contribution is 7.88. The number of nitrogens with zero attached hydrogens (tertiary/aromatic N) is 4. The second-order valence-corrected chi connectivity index (χ2v) is 11.9. The van der Waals surface area contributed by atoms with Crippen LogP contribution in [-0.2, 0) is 29.5 Å². The Morgan fingerprint density at radius 1 is 1.05 bits per heavy atom. The third-order valence-corrected chi connectivity index (χ3v) is 7.38. The lowest BCUT2D eigenvalue weighted by molar-refractivity contribution is 0.0704. The minimum absolute atomic E-state index is 0.0536. The number of benzene rings is 1. The van der Waals surface area contributed by atoms with Crippen molar-refractivity contribution in [1.82, 2.24) is 29.9 Å². The number of pyridine rings is 1. The maximum Gasteiger partial charge on any atom is 0.253 e. The lowest BCUT2D eigenvalue weighted by Crippen LogP contribution is -2.44. The van der Waals surface area contributed by atoms with Crippen LogP contribution in [0.5, 0.6) is 0 Å². The number of carbonyl (C=O) groups is 1. The molecule has 0 spiro atoms. The Bertz CT molecular complexity index is 1400. The van der Waals surface area contributed by atoms with Crippen molar-refractivity contribution in [3.05, 3.63) is 76.4 Å². The molecular formula is C28H37N7O3S. The van der Waals surface area contributed by atoms with E-state index in [4.69, 9.17) is 4.98 Å². The van der Waals surface area contributed by atoms with Crippen molar-refractivity contribution in [2.75, 3.05) is 24.7 Å². The average Bonchev–Trinajstić information content (AvgIpc) is 2.90. The summed E-state index contributed by atoms with van der Waals surface area (Å²) >= 11 is 0. The number of aryl methyl sites for hydroxylation is 3. The zero-order valence-corrected chi connectivity index (χ0v) is 23.8. The summed E-state index contributed by atoms with van der Waals surface area (Å²) in [5, 5.41) is 6.95. The first-order chi connectivity index (χ1) is 18.6. The van der Waals surface area contributed by atoms with Gasteiger partial charge in [-0.15, -0.1) is 0 Å². The van der Waals surface area contributed by atoms with Gasteiger partial charge in [0.2, 0.25) is 16.0 Å². The summed E-state index contributed by atoms with van der Waals surface area (Å²) in [6, 6.07) is 9.91. The molecule has 3 N–H and O–H groups in total. The van der Waals surface area contributed by atoms with E-state index in [9.17, 15) is 13.2 Å². The molecule has 1 fully saturated rings. The smallest absolute Gasteiger partial charge is 0.253 e. The molecule has 11 heteroatoms. The van der Waals surface area contributed by atoms with Crippen LogP contribution in [0.4, 0.5) is 11.6 Å². The molecule has 1 aromatic carbocycles. The summed E-state index contributed by atoms with van der Waals surface area (Å²) in [6.07, 6.45) is 7.01. The summed E-state index contributed by atoms with van der Waals surface area (Å²) in [5.74, 6) is 0.531. The zero-order chi connectivity index (χ0) is 28.0. The van der Waals surface area contributed by atoms with Crippen LogP contribution < -0.4 is 15.4 Å². The Hall–Kier alpha value is -3.41. The second kappa shape index (κ2) is 12.6. The van der Waals surface area contributed by atoms with Crippen molar-refractivity contribution in [1.29, 1.82) is 0 Å². The van der Waals surface area contributed by atoms with Gasteiger partial charge in [0.05, 0.1) is 24.2 Å². The molecule has 0 aliphatic carbocycles. The second-order valence-electron chi connectivity index (χ2n) is 10.1. The highest BCUT2D eigenvalue weighted by atomic mass is 32.2. The van der Waals surface area contributed by atoms with E-state index >= 15 is 0 Å². The van der Waals surface area contributed by atoms with Crippen molar-refractivity contribution in [2.24, 2.45) is 0 Å². The quantitative estimate of drug-likeness (QED) is 0.350. The van der Waals surface area contributed by atoms with Gasteiger partial charge in [-0.25, -0.2) is 23.1 Å². The first-order valence-corrected chi connectivity index (χ1v) is 15.1. The molecule has 3 heterocycles. The molecule has 1 amide bonds. The van der Waals surface area contributed by atoms with Gasteiger partial charge in [0.25, 0.3) is 5.91 Å². The molecule has 208 valence electrons. The number of piperidine rings is 1. The van der Waals surface area contributed by atoms with Crippen LogP contribution in [0.25, 0.3) is 0 Å². The van der Waals surface area contributed by atoms with Crippen molar-refractivity contribution in [3.8, 4) is 0 Å². The molecule has 1 aliphatic rings. The molecule has 1 saturated heterocycles. The zero-order valence-electron chi connectivity index (χ0n) is 23.0. The number of sulfonamides is 1. The number of carbonyl (C=O) groups excluding carboxylic acids is 1. The standard InChI is InChI=1S/C28H37N7O3S/c1-5-26-22(17-31-28(34-26)33-24-13-19(2)12-20(3)14-24)16-30-23-7-10-35(11-8-23)27(36)21-6-9-29-25(15-21)18-32-39(4,37)38/h6,9,12-15,17,23,30,32H,5,7-8,10-11,16,18H2,1-4H3,(H,31,33,34). The van der Waals surface area contributed by atoms with E-state index < -0.39 is 10.0 Å². The molecular weight excluding hydrogens is 514 g/mol. The topological polar surface area (TPSA) is 129 Å². The van der Waals surface area contributed by atoms with E-state index in [1.165, 1.54) is 17.3 Å². The van der Waals surface area contributed by atoms with Gasteiger partial charge in [-0.05, 0) is 68.5 Å². The third kappa shape index (κ3) is 8.29. The van der Waals surface area contributed by atoms with Crippen LogP contribution in [0.1, 0.15) is 58.2 Å².